The maximum atomic E-state index is 11.2. The van der Waals surface area contributed by atoms with Crippen LogP contribution in [0.25, 0.3) is 0 Å². The molecule has 0 aliphatic carbocycles. The van der Waals surface area contributed by atoms with Crippen molar-refractivity contribution in [1.82, 2.24) is 19.6 Å². The Kier molecular flexibility index (Phi) is 3.05. The maximum absolute atomic E-state index is 11.2. The fourth-order valence-corrected chi connectivity index (χ4v) is 1.87. The fraction of sp³-hybridized carbons (Fsp3) is 0.364. The number of anilines is 1. The first-order chi connectivity index (χ1) is 8.49. The summed E-state index contributed by atoms with van der Waals surface area (Å²) in [5.74, 6) is -0.474. The van der Waals surface area contributed by atoms with Crippen LogP contribution in [0.1, 0.15) is 21.6 Å². The van der Waals surface area contributed by atoms with Crippen LogP contribution in [0, 0.1) is 6.92 Å². The van der Waals surface area contributed by atoms with Gasteiger partial charge in [-0.05, 0) is 6.92 Å². The van der Waals surface area contributed by atoms with E-state index in [1.54, 1.807) is 24.9 Å². The molecule has 7 nitrogen and oxygen atoms in total. The molecule has 18 heavy (non-hydrogen) atoms. The first-order valence-corrected chi connectivity index (χ1v) is 5.47. The second-order valence-electron chi connectivity index (χ2n) is 4.11. The fourth-order valence-electron chi connectivity index (χ4n) is 1.87. The lowest BCUT2D eigenvalue weighted by molar-refractivity contribution is 0.0697. The molecule has 0 saturated heterocycles. The lowest BCUT2D eigenvalue weighted by Gasteiger charge is -2.06. The second-order valence-corrected chi connectivity index (χ2v) is 4.11. The van der Waals surface area contributed by atoms with Crippen LogP contribution in [0.3, 0.4) is 0 Å². The van der Waals surface area contributed by atoms with Gasteiger partial charge in [0.15, 0.2) is 0 Å². The summed E-state index contributed by atoms with van der Waals surface area (Å²) >= 11 is 0. The Labute approximate surface area is 104 Å². The number of rotatable bonds is 4. The molecule has 0 saturated carbocycles. The van der Waals surface area contributed by atoms with Crippen molar-refractivity contribution < 1.29 is 9.90 Å². The Morgan fingerprint density at radius 1 is 1.50 bits per heavy atom. The monoisotopic (exact) mass is 249 g/mol. The van der Waals surface area contributed by atoms with Crippen LogP contribution < -0.4 is 5.32 Å². The molecule has 2 heterocycles. The zero-order chi connectivity index (χ0) is 13.3. The van der Waals surface area contributed by atoms with E-state index in [0.717, 1.165) is 5.56 Å². The highest BCUT2D eigenvalue weighted by Gasteiger charge is 2.19. The van der Waals surface area contributed by atoms with Gasteiger partial charge in [0.1, 0.15) is 11.4 Å². The van der Waals surface area contributed by atoms with Crippen LogP contribution in [0.4, 0.5) is 5.82 Å². The number of aryl methyl sites for hydroxylation is 3. The smallest absolute Gasteiger partial charge is 0.341 e. The van der Waals surface area contributed by atoms with Crippen LogP contribution in [-0.2, 0) is 20.6 Å². The molecule has 0 spiro atoms. The normalized spacial score (nSPS) is 10.6. The van der Waals surface area contributed by atoms with Crippen molar-refractivity contribution in [3.8, 4) is 0 Å². The molecule has 96 valence electrons. The molecule has 0 aliphatic heterocycles. The van der Waals surface area contributed by atoms with Gasteiger partial charge in [0, 0.05) is 32.4 Å². The van der Waals surface area contributed by atoms with Crippen LogP contribution in [0.5, 0.6) is 0 Å². The van der Waals surface area contributed by atoms with Gasteiger partial charge in [0.2, 0.25) is 0 Å². The van der Waals surface area contributed by atoms with E-state index in [4.69, 9.17) is 5.11 Å². The topological polar surface area (TPSA) is 85.0 Å². The summed E-state index contributed by atoms with van der Waals surface area (Å²) in [7, 11) is 3.55. The van der Waals surface area contributed by atoms with Crippen molar-refractivity contribution in [2.75, 3.05) is 5.32 Å². The lowest BCUT2D eigenvalue weighted by Crippen LogP contribution is -2.08. The third kappa shape index (κ3) is 2.20. The maximum Gasteiger partial charge on any atom is 0.341 e. The molecule has 7 heteroatoms. The lowest BCUT2D eigenvalue weighted by atomic mass is 10.2. The van der Waals surface area contributed by atoms with Crippen molar-refractivity contribution in [1.29, 1.82) is 0 Å². The first-order valence-electron chi connectivity index (χ1n) is 5.47. The van der Waals surface area contributed by atoms with Crippen LogP contribution >= 0.6 is 0 Å². The molecule has 0 atom stereocenters. The SMILES string of the molecule is Cc1nn(C)c(NCc2cnn(C)c2)c1C(=O)O. The predicted octanol–water partition coefficient (Wildman–Crippen LogP) is 0.772. The van der Waals surface area contributed by atoms with Gasteiger partial charge in [0.05, 0.1) is 11.9 Å². The highest BCUT2D eigenvalue weighted by molar-refractivity contribution is 5.94. The number of carboxylic acids is 1. The van der Waals surface area contributed by atoms with Crippen molar-refractivity contribution >= 4 is 11.8 Å². The quantitative estimate of drug-likeness (QED) is 0.836. The molecule has 2 aromatic heterocycles. The Morgan fingerprint density at radius 3 is 2.78 bits per heavy atom. The van der Waals surface area contributed by atoms with Gasteiger partial charge in [-0.15, -0.1) is 0 Å². The molecule has 0 bridgehead atoms. The zero-order valence-electron chi connectivity index (χ0n) is 10.5. The van der Waals surface area contributed by atoms with Crippen LogP contribution in [0.15, 0.2) is 12.4 Å². The predicted molar refractivity (Wildman–Crippen MR) is 65.4 cm³/mol. The average molecular weight is 249 g/mol. The zero-order valence-corrected chi connectivity index (χ0v) is 10.5. The average Bonchev–Trinajstić information content (AvgIpc) is 2.79. The minimum absolute atomic E-state index is 0.210. The Bertz CT molecular complexity index is 584. The molecule has 0 amide bonds. The van der Waals surface area contributed by atoms with E-state index in [0.29, 0.717) is 18.1 Å². The number of aromatic carboxylic acids is 1. The van der Waals surface area contributed by atoms with Crippen molar-refractivity contribution in [3.05, 3.63) is 29.2 Å². The van der Waals surface area contributed by atoms with E-state index in [-0.39, 0.29) is 5.56 Å². The van der Waals surface area contributed by atoms with Gasteiger partial charge in [-0.3, -0.25) is 9.36 Å². The van der Waals surface area contributed by atoms with Crippen LogP contribution in [-0.4, -0.2) is 30.6 Å². The van der Waals surface area contributed by atoms with Crippen molar-refractivity contribution in [2.45, 2.75) is 13.5 Å². The Hall–Kier alpha value is -2.31. The van der Waals surface area contributed by atoms with Gasteiger partial charge < -0.3 is 10.4 Å². The number of carbonyl (C=O) groups is 1. The largest absolute Gasteiger partial charge is 0.477 e. The molecule has 0 fully saturated rings. The minimum Gasteiger partial charge on any atom is -0.477 e. The number of hydrogen-bond donors (Lipinski definition) is 2. The van der Waals surface area contributed by atoms with E-state index >= 15 is 0 Å². The van der Waals surface area contributed by atoms with Gasteiger partial charge in [-0.1, -0.05) is 0 Å². The van der Waals surface area contributed by atoms with E-state index in [1.807, 2.05) is 13.2 Å². The number of hydrogen-bond acceptors (Lipinski definition) is 4. The molecule has 2 N–H and O–H groups in total. The van der Waals surface area contributed by atoms with Crippen molar-refractivity contribution in [3.63, 3.8) is 0 Å². The number of aromatic nitrogens is 4. The molecular formula is C11H15N5O2. The third-order valence-electron chi connectivity index (χ3n) is 2.65. The highest BCUT2D eigenvalue weighted by atomic mass is 16.4. The van der Waals surface area contributed by atoms with Gasteiger partial charge in [-0.2, -0.15) is 10.2 Å². The highest BCUT2D eigenvalue weighted by Crippen LogP contribution is 2.19. The van der Waals surface area contributed by atoms with Crippen molar-refractivity contribution in [2.24, 2.45) is 14.1 Å². The van der Waals surface area contributed by atoms with Gasteiger partial charge in [0.25, 0.3) is 0 Å². The minimum atomic E-state index is -0.978. The first kappa shape index (κ1) is 12.2. The third-order valence-corrected chi connectivity index (χ3v) is 2.65. The number of carboxylic acid groups (broad SMARTS) is 1. The summed E-state index contributed by atoms with van der Waals surface area (Å²) in [4.78, 5) is 11.2. The summed E-state index contributed by atoms with van der Waals surface area (Å²) < 4.78 is 3.23. The number of nitrogens with zero attached hydrogens (tertiary/aromatic N) is 4. The summed E-state index contributed by atoms with van der Waals surface area (Å²) in [6.07, 6.45) is 3.60. The summed E-state index contributed by atoms with van der Waals surface area (Å²) in [5, 5.41) is 20.4. The van der Waals surface area contributed by atoms with Gasteiger partial charge in [-0.25, -0.2) is 4.79 Å². The number of nitrogens with one attached hydrogen (secondary N) is 1. The molecule has 0 aliphatic rings. The molecular weight excluding hydrogens is 234 g/mol. The van der Waals surface area contributed by atoms with E-state index < -0.39 is 5.97 Å². The summed E-state index contributed by atoms with van der Waals surface area (Å²) in [5.41, 5.74) is 1.69. The van der Waals surface area contributed by atoms with Gasteiger partial charge >= 0.3 is 5.97 Å². The van der Waals surface area contributed by atoms with E-state index in [1.165, 1.54) is 4.68 Å². The molecule has 2 rings (SSSR count). The molecule has 2 aromatic rings. The Balaban J connectivity index is 2.21. The second kappa shape index (κ2) is 4.52. The summed E-state index contributed by atoms with van der Waals surface area (Å²) in [6, 6.07) is 0. The molecule has 0 radical (unpaired) electrons. The standard InChI is InChI=1S/C11H15N5O2/c1-7-9(11(17)18)10(16(3)14-7)12-4-8-5-13-15(2)6-8/h5-6,12H,4H2,1-3H3,(H,17,18). The Morgan fingerprint density at radius 2 is 2.22 bits per heavy atom. The van der Waals surface area contributed by atoms with E-state index in [9.17, 15) is 4.79 Å². The van der Waals surface area contributed by atoms with E-state index in [2.05, 4.69) is 15.5 Å². The van der Waals surface area contributed by atoms with Crippen LogP contribution in [0.2, 0.25) is 0 Å². The molecule has 0 unspecified atom stereocenters. The summed E-state index contributed by atoms with van der Waals surface area (Å²) in [6.45, 7) is 2.19. The molecule has 0 aromatic carbocycles.